The number of fused-ring (bicyclic) bond motifs is 9. The zero-order valence-corrected chi connectivity index (χ0v) is 28.3. The molecule has 52 heavy (non-hydrogen) atoms. The molecule has 0 saturated carbocycles. The molecule has 1 aliphatic rings. The molecule has 3 heteroatoms. The Bertz CT molecular complexity index is 3000. The van der Waals surface area contributed by atoms with Crippen molar-refractivity contribution in [1.82, 2.24) is 9.13 Å². The highest BCUT2D eigenvalue weighted by Gasteiger charge is 2.23. The molecule has 0 bridgehead atoms. The van der Waals surface area contributed by atoms with E-state index in [9.17, 15) is 0 Å². The van der Waals surface area contributed by atoms with E-state index >= 15 is 0 Å². The molecule has 0 N–H and O–H groups in total. The van der Waals surface area contributed by atoms with Crippen molar-refractivity contribution in [2.75, 3.05) is 0 Å². The van der Waals surface area contributed by atoms with Gasteiger partial charge in [0.1, 0.15) is 12.4 Å². The largest absolute Gasteiger partial charge is 0.488 e. The van der Waals surface area contributed by atoms with Crippen molar-refractivity contribution in [3.8, 4) is 50.5 Å². The minimum Gasteiger partial charge on any atom is -0.488 e. The lowest BCUT2D eigenvalue weighted by Gasteiger charge is -2.24. The van der Waals surface area contributed by atoms with E-state index in [2.05, 4.69) is 191 Å². The second-order valence-electron chi connectivity index (χ2n) is 13.7. The highest BCUT2D eigenvalue weighted by molar-refractivity contribution is 6.13. The molecule has 0 spiro atoms. The van der Waals surface area contributed by atoms with Crippen molar-refractivity contribution in [1.29, 1.82) is 0 Å². The van der Waals surface area contributed by atoms with Crippen LogP contribution in [0.1, 0.15) is 5.56 Å². The lowest BCUT2D eigenvalue weighted by molar-refractivity contribution is 0.302. The average Bonchev–Trinajstić information content (AvgIpc) is 3.73. The summed E-state index contributed by atoms with van der Waals surface area (Å²) in [6, 6.07) is 65.9. The highest BCUT2D eigenvalue weighted by Crippen LogP contribution is 2.45. The van der Waals surface area contributed by atoms with Gasteiger partial charge >= 0.3 is 0 Å². The summed E-state index contributed by atoms with van der Waals surface area (Å²) in [6.45, 7) is 0.589. The summed E-state index contributed by atoms with van der Waals surface area (Å²) >= 11 is 0. The van der Waals surface area contributed by atoms with Crippen LogP contribution in [0.3, 0.4) is 0 Å². The van der Waals surface area contributed by atoms with Crippen molar-refractivity contribution >= 4 is 43.6 Å². The van der Waals surface area contributed by atoms with Crippen LogP contribution in [-0.2, 0) is 6.61 Å². The quantitative estimate of drug-likeness (QED) is 0.183. The standard InChI is InChI=1S/C49H32N2O/c1-2-11-32(12-3-1)33-21-25-37(26-22-33)50-43-17-8-6-15-39(43)41-27-23-35(30-47(41)50)34-24-28-45-42(29-34)40-16-7-9-18-44(40)51(45)46-19-10-20-48-49(46)38-14-5-4-13-36(38)31-52-48/h1-30H,31H2. The van der Waals surface area contributed by atoms with Gasteiger partial charge in [-0.1, -0.05) is 127 Å². The molecule has 11 rings (SSSR count). The zero-order chi connectivity index (χ0) is 34.2. The Kier molecular flexibility index (Phi) is 6.31. The third-order valence-corrected chi connectivity index (χ3v) is 10.8. The van der Waals surface area contributed by atoms with Crippen LogP contribution in [0, 0.1) is 0 Å². The molecule has 244 valence electrons. The third kappa shape index (κ3) is 4.33. The van der Waals surface area contributed by atoms with Gasteiger partial charge in [0.15, 0.2) is 0 Å². The predicted octanol–water partition coefficient (Wildman–Crippen LogP) is 12.8. The SMILES string of the molecule is c1ccc(-c2ccc(-n3c4ccccc4c4ccc(-c5ccc6c(c5)c5ccccc5n6-c5cccc6c5-c5ccccc5CO6)cc43)cc2)cc1. The van der Waals surface area contributed by atoms with Gasteiger partial charge in [0.05, 0.1) is 27.8 Å². The molecule has 3 nitrogen and oxygen atoms in total. The fourth-order valence-electron chi connectivity index (χ4n) is 8.42. The van der Waals surface area contributed by atoms with Gasteiger partial charge in [0.25, 0.3) is 0 Å². The van der Waals surface area contributed by atoms with Crippen molar-refractivity contribution in [3.05, 3.63) is 188 Å². The maximum absolute atomic E-state index is 6.30. The Labute approximate surface area is 301 Å². The van der Waals surface area contributed by atoms with E-state index in [0.717, 1.165) is 22.7 Å². The first-order chi connectivity index (χ1) is 25.8. The number of hydrogen-bond acceptors (Lipinski definition) is 1. The van der Waals surface area contributed by atoms with Gasteiger partial charge in [-0.05, 0) is 88.0 Å². The first kappa shape index (κ1) is 28.9. The smallest absolute Gasteiger partial charge is 0.129 e. The summed E-state index contributed by atoms with van der Waals surface area (Å²) in [6.07, 6.45) is 0. The summed E-state index contributed by atoms with van der Waals surface area (Å²) in [5.74, 6) is 0.928. The normalized spacial score (nSPS) is 12.3. The molecule has 0 aliphatic carbocycles. The van der Waals surface area contributed by atoms with Crippen LogP contribution < -0.4 is 4.74 Å². The van der Waals surface area contributed by atoms with E-state index in [1.165, 1.54) is 77.0 Å². The Morgan fingerprint density at radius 3 is 1.85 bits per heavy atom. The van der Waals surface area contributed by atoms with Crippen LogP contribution in [0.2, 0.25) is 0 Å². The highest BCUT2D eigenvalue weighted by atomic mass is 16.5. The lowest BCUT2D eigenvalue weighted by Crippen LogP contribution is -2.08. The van der Waals surface area contributed by atoms with Crippen LogP contribution in [0.5, 0.6) is 5.75 Å². The molecule has 1 aliphatic heterocycles. The molecule has 0 fully saturated rings. The molecular weight excluding hydrogens is 633 g/mol. The van der Waals surface area contributed by atoms with Crippen molar-refractivity contribution in [2.45, 2.75) is 6.61 Å². The van der Waals surface area contributed by atoms with E-state index in [-0.39, 0.29) is 0 Å². The van der Waals surface area contributed by atoms with E-state index in [4.69, 9.17) is 4.74 Å². The number of hydrogen-bond donors (Lipinski definition) is 0. The average molecular weight is 665 g/mol. The number of aromatic nitrogens is 2. The van der Waals surface area contributed by atoms with E-state index < -0.39 is 0 Å². The molecule has 8 aromatic carbocycles. The molecule has 0 atom stereocenters. The molecule has 0 unspecified atom stereocenters. The number of para-hydroxylation sites is 2. The van der Waals surface area contributed by atoms with E-state index in [1.54, 1.807) is 0 Å². The minimum absolute atomic E-state index is 0.589. The van der Waals surface area contributed by atoms with Gasteiger partial charge in [-0.25, -0.2) is 0 Å². The van der Waals surface area contributed by atoms with Gasteiger partial charge < -0.3 is 13.9 Å². The topological polar surface area (TPSA) is 19.1 Å². The van der Waals surface area contributed by atoms with Gasteiger partial charge in [-0.3, -0.25) is 0 Å². The number of ether oxygens (including phenoxy) is 1. The van der Waals surface area contributed by atoms with Crippen LogP contribution in [0.4, 0.5) is 0 Å². The molecule has 0 amide bonds. The monoisotopic (exact) mass is 664 g/mol. The number of benzene rings is 8. The fraction of sp³-hybridized carbons (Fsp3) is 0.0204. The van der Waals surface area contributed by atoms with Gasteiger partial charge in [-0.2, -0.15) is 0 Å². The second-order valence-corrected chi connectivity index (χ2v) is 13.7. The summed E-state index contributed by atoms with van der Waals surface area (Å²) in [7, 11) is 0. The maximum Gasteiger partial charge on any atom is 0.129 e. The predicted molar refractivity (Wildman–Crippen MR) is 216 cm³/mol. The van der Waals surface area contributed by atoms with Crippen molar-refractivity contribution < 1.29 is 4.74 Å². The van der Waals surface area contributed by atoms with Gasteiger partial charge in [-0.15, -0.1) is 0 Å². The Morgan fingerprint density at radius 2 is 1.00 bits per heavy atom. The summed E-state index contributed by atoms with van der Waals surface area (Å²) in [4.78, 5) is 0. The fourth-order valence-corrected chi connectivity index (χ4v) is 8.42. The van der Waals surface area contributed by atoms with Crippen LogP contribution >= 0.6 is 0 Å². The number of rotatable bonds is 4. The number of nitrogens with zero attached hydrogens (tertiary/aromatic N) is 2. The Balaban J connectivity index is 1.09. The lowest BCUT2D eigenvalue weighted by atomic mass is 9.95. The molecule has 2 aromatic heterocycles. The van der Waals surface area contributed by atoms with Crippen LogP contribution in [-0.4, -0.2) is 9.13 Å². The summed E-state index contributed by atoms with van der Waals surface area (Å²) < 4.78 is 11.1. The first-order valence-electron chi connectivity index (χ1n) is 17.9. The second kappa shape index (κ2) is 11.3. The summed E-state index contributed by atoms with van der Waals surface area (Å²) in [5.41, 5.74) is 15.5. The Morgan fingerprint density at radius 1 is 0.385 bits per heavy atom. The van der Waals surface area contributed by atoms with Crippen molar-refractivity contribution in [2.24, 2.45) is 0 Å². The van der Waals surface area contributed by atoms with E-state index in [1.807, 2.05) is 0 Å². The molecule has 0 saturated heterocycles. The third-order valence-electron chi connectivity index (χ3n) is 10.8. The van der Waals surface area contributed by atoms with Crippen LogP contribution in [0.25, 0.3) is 88.4 Å². The Hall–Kier alpha value is -6.84. The summed E-state index contributed by atoms with van der Waals surface area (Å²) in [5, 5.41) is 4.97. The zero-order valence-electron chi connectivity index (χ0n) is 28.3. The molecule has 0 radical (unpaired) electrons. The van der Waals surface area contributed by atoms with Gasteiger partial charge in [0, 0.05) is 32.8 Å². The molecule has 10 aromatic rings. The van der Waals surface area contributed by atoms with E-state index in [0.29, 0.717) is 6.61 Å². The van der Waals surface area contributed by atoms with Crippen molar-refractivity contribution in [3.63, 3.8) is 0 Å². The van der Waals surface area contributed by atoms with Gasteiger partial charge in [0.2, 0.25) is 0 Å². The van der Waals surface area contributed by atoms with Crippen LogP contribution in [0.15, 0.2) is 182 Å². The maximum atomic E-state index is 6.30. The molecular formula is C49H32N2O. The minimum atomic E-state index is 0.589. The molecule has 3 heterocycles. The first-order valence-corrected chi connectivity index (χ1v) is 17.9.